The van der Waals surface area contributed by atoms with Crippen molar-refractivity contribution < 1.29 is 9.79 Å². The lowest BCUT2D eigenvalue weighted by Crippen LogP contribution is -2.72. The van der Waals surface area contributed by atoms with Crippen molar-refractivity contribution in [1.82, 2.24) is 4.98 Å². The van der Waals surface area contributed by atoms with Crippen LogP contribution in [0.15, 0.2) is 23.6 Å². The highest BCUT2D eigenvalue weighted by Crippen LogP contribution is 2.33. The van der Waals surface area contributed by atoms with Crippen LogP contribution in [0.25, 0.3) is 11.3 Å². The largest absolute Gasteiger partial charge is 0.312 e. The molecule has 0 atom stereocenters. The topological polar surface area (TPSA) is 99.2 Å². The number of guanidine groups is 1. The fourth-order valence-corrected chi connectivity index (χ4v) is 3.34. The Balaban J connectivity index is 1.90. The molecule has 0 radical (unpaired) electrons. The standard InChI is InChI=1S/C15H17N5OS/c1-2-13(21)20-6-5-10-7-9(3-4-12(10)20)11-8-22-15(18-11)19-14(16)17/h3-4,7-8H,2,5-6H2,1H3,(H4,16,17,18,19)/p+1. The average molecular weight is 316 g/mol. The number of hydrogen-bond donors (Lipinski definition) is 3. The molecule has 1 aliphatic rings. The Labute approximate surface area is 132 Å². The summed E-state index contributed by atoms with van der Waals surface area (Å²) in [7, 11) is 0. The van der Waals surface area contributed by atoms with Crippen LogP contribution in [-0.4, -0.2) is 23.4 Å². The molecule has 0 saturated carbocycles. The molecule has 2 aromatic rings. The van der Waals surface area contributed by atoms with E-state index in [-0.39, 0.29) is 11.9 Å². The van der Waals surface area contributed by atoms with Gasteiger partial charge in [0.15, 0.2) is 0 Å². The maximum Gasteiger partial charge on any atom is 0.303 e. The van der Waals surface area contributed by atoms with Crippen molar-refractivity contribution in [3.8, 4) is 11.3 Å². The third-order valence-electron chi connectivity index (χ3n) is 3.63. The van der Waals surface area contributed by atoms with Crippen LogP contribution in [0.2, 0.25) is 0 Å². The molecule has 0 bridgehead atoms. The molecule has 6 nitrogen and oxygen atoms in total. The predicted octanol–water partition coefficient (Wildman–Crippen LogP) is 0.0947. The number of carbonyl (C=O) groups excluding carboxylic acids is 1. The molecule has 0 spiro atoms. The van der Waals surface area contributed by atoms with Gasteiger partial charge in [-0.2, -0.15) is 0 Å². The molecule has 2 heterocycles. The van der Waals surface area contributed by atoms with E-state index in [1.54, 1.807) is 0 Å². The Morgan fingerprint density at radius 2 is 2.27 bits per heavy atom. The molecule has 1 aromatic carbocycles. The summed E-state index contributed by atoms with van der Waals surface area (Å²) in [6.07, 6.45) is 1.41. The van der Waals surface area contributed by atoms with Crippen LogP contribution in [-0.2, 0) is 11.2 Å². The second-order valence-electron chi connectivity index (χ2n) is 5.11. The van der Waals surface area contributed by atoms with Gasteiger partial charge in [0.05, 0.1) is 0 Å². The first-order valence-corrected chi connectivity index (χ1v) is 8.00. The first-order chi connectivity index (χ1) is 10.6. The summed E-state index contributed by atoms with van der Waals surface area (Å²) in [6, 6.07) is 6.10. The lowest BCUT2D eigenvalue weighted by atomic mass is 10.1. The Bertz CT molecular complexity index is 748. The van der Waals surface area contributed by atoms with Gasteiger partial charge in [0.2, 0.25) is 5.91 Å². The third kappa shape index (κ3) is 2.67. The fraction of sp³-hybridized carbons (Fsp3) is 0.267. The van der Waals surface area contributed by atoms with Gasteiger partial charge in [-0.25, -0.2) is 4.99 Å². The summed E-state index contributed by atoms with van der Waals surface area (Å²) < 4.78 is 0. The highest BCUT2D eigenvalue weighted by atomic mass is 32.1. The van der Waals surface area contributed by atoms with E-state index >= 15 is 0 Å². The van der Waals surface area contributed by atoms with Gasteiger partial charge in [-0.1, -0.05) is 18.3 Å². The van der Waals surface area contributed by atoms with Gasteiger partial charge >= 0.3 is 5.96 Å². The molecule has 0 saturated heterocycles. The molecule has 114 valence electrons. The Morgan fingerprint density at radius 1 is 1.45 bits per heavy atom. The summed E-state index contributed by atoms with van der Waals surface area (Å²) in [6.45, 7) is 2.65. The molecule has 1 aromatic heterocycles. The normalized spacial score (nSPS) is 13.0. The van der Waals surface area contributed by atoms with Gasteiger partial charge in [-0.05, 0) is 30.2 Å². The maximum absolute atomic E-state index is 11.9. The van der Waals surface area contributed by atoms with Crippen LogP contribution < -0.4 is 21.4 Å². The third-order valence-corrected chi connectivity index (χ3v) is 4.39. The number of nitrogens with two attached hydrogens (primary N) is 2. The van der Waals surface area contributed by atoms with Crippen molar-refractivity contribution in [2.24, 2.45) is 11.5 Å². The zero-order valence-corrected chi connectivity index (χ0v) is 13.1. The molecule has 0 aliphatic carbocycles. The summed E-state index contributed by atoms with van der Waals surface area (Å²) in [5, 5.41) is 2.62. The average Bonchev–Trinajstić information content (AvgIpc) is 3.11. The molecule has 7 heteroatoms. The molecule has 1 aliphatic heterocycles. The zero-order chi connectivity index (χ0) is 15.7. The van der Waals surface area contributed by atoms with Gasteiger partial charge < -0.3 is 16.4 Å². The summed E-state index contributed by atoms with van der Waals surface area (Å²) in [5.74, 6) is 0.296. The minimum Gasteiger partial charge on any atom is -0.312 e. The lowest BCUT2D eigenvalue weighted by Gasteiger charge is -2.16. The summed E-state index contributed by atoms with van der Waals surface area (Å²) in [5.41, 5.74) is 14.9. The SMILES string of the molecule is CCC(=O)N1CCc2cc(-c3csc([NH+]=C(N)N)n3)ccc21. The summed E-state index contributed by atoms with van der Waals surface area (Å²) in [4.78, 5) is 21.0. The number of carbonyl (C=O) groups is 1. The first-order valence-electron chi connectivity index (χ1n) is 7.12. The van der Waals surface area contributed by atoms with Crippen molar-refractivity contribution in [2.75, 3.05) is 11.4 Å². The molecule has 1 amide bonds. The number of hydrogen-bond acceptors (Lipinski definition) is 3. The Morgan fingerprint density at radius 3 is 3.00 bits per heavy atom. The van der Waals surface area contributed by atoms with Gasteiger partial charge in [0, 0.05) is 29.6 Å². The van der Waals surface area contributed by atoms with Gasteiger partial charge in [0.1, 0.15) is 5.69 Å². The van der Waals surface area contributed by atoms with Crippen LogP contribution in [0.3, 0.4) is 0 Å². The van der Waals surface area contributed by atoms with Crippen molar-refractivity contribution in [3.05, 3.63) is 29.1 Å². The number of anilines is 1. The number of nitrogens with zero attached hydrogens (tertiary/aromatic N) is 2. The molecule has 0 fully saturated rings. The monoisotopic (exact) mass is 316 g/mol. The van der Waals surface area contributed by atoms with E-state index in [2.05, 4.69) is 16.0 Å². The fourth-order valence-electron chi connectivity index (χ4n) is 2.60. The molecule has 5 N–H and O–H groups in total. The number of benzene rings is 1. The van der Waals surface area contributed by atoms with Crippen LogP contribution in [0.1, 0.15) is 18.9 Å². The van der Waals surface area contributed by atoms with E-state index in [0.29, 0.717) is 11.6 Å². The van der Waals surface area contributed by atoms with Gasteiger partial charge in [-0.3, -0.25) is 4.79 Å². The quantitative estimate of drug-likeness (QED) is 0.552. The molecule has 0 unspecified atom stereocenters. The van der Waals surface area contributed by atoms with E-state index in [1.807, 2.05) is 29.3 Å². The second kappa shape index (κ2) is 5.76. The maximum atomic E-state index is 11.9. The highest BCUT2D eigenvalue weighted by Gasteiger charge is 2.24. The smallest absolute Gasteiger partial charge is 0.303 e. The van der Waals surface area contributed by atoms with Crippen molar-refractivity contribution in [3.63, 3.8) is 0 Å². The first kappa shape index (κ1) is 14.5. The van der Waals surface area contributed by atoms with Crippen LogP contribution in [0, 0.1) is 0 Å². The van der Waals surface area contributed by atoms with Gasteiger partial charge in [0.25, 0.3) is 5.13 Å². The van der Waals surface area contributed by atoms with Gasteiger partial charge in [-0.15, -0.1) is 4.98 Å². The van der Waals surface area contributed by atoms with Crippen molar-refractivity contribution in [1.29, 1.82) is 0 Å². The minimum absolute atomic E-state index is 0.128. The van der Waals surface area contributed by atoms with E-state index in [1.165, 1.54) is 16.9 Å². The number of thiazole rings is 1. The number of nitrogens with one attached hydrogen (secondary N) is 1. The van der Waals surface area contributed by atoms with E-state index in [4.69, 9.17) is 11.5 Å². The van der Waals surface area contributed by atoms with E-state index in [9.17, 15) is 4.79 Å². The Hall–Kier alpha value is -2.41. The van der Waals surface area contributed by atoms with E-state index in [0.717, 1.165) is 29.9 Å². The minimum atomic E-state index is 0.128. The zero-order valence-electron chi connectivity index (χ0n) is 12.3. The van der Waals surface area contributed by atoms with Crippen molar-refractivity contribution in [2.45, 2.75) is 19.8 Å². The molecular weight excluding hydrogens is 298 g/mol. The lowest BCUT2D eigenvalue weighted by molar-refractivity contribution is -0.355. The molecular formula is C15H18N5OS+. The Kier molecular flexibility index (Phi) is 3.81. The molecule has 3 rings (SSSR count). The highest BCUT2D eigenvalue weighted by molar-refractivity contribution is 7.13. The van der Waals surface area contributed by atoms with Crippen molar-refractivity contribution >= 4 is 34.0 Å². The van der Waals surface area contributed by atoms with Crippen LogP contribution in [0.4, 0.5) is 10.8 Å². The summed E-state index contributed by atoms with van der Waals surface area (Å²) >= 11 is 1.45. The molecule has 22 heavy (non-hydrogen) atoms. The van der Waals surface area contributed by atoms with E-state index < -0.39 is 0 Å². The number of amides is 1. The second-order valence-corrected chi connectivity index (χ2v) is 5.97. The predicted molar refractivity (Wildman–Crippen MR) is 87.9 cm³/mol. The van der Waals surface area contributed by atoms with Crippen LogP contribution >= 0.6 is 11.3 Å². The number of rotatable bonds is 3. The number of fused-ring (bicyclic) bond motifs is 1. The van der Waals surface area contributed by atoms with Crippen LogP contribution in [0.5, 0.6) is 0 Å². The number of aromatic nitrogens is 1.